The first kappa shape index (κ1) is 19.8. The summed E-state index contributed by atoms with van der Waals surface area (Å²) in [5.74, 6) is 0. The quantitative estimate of drug-likeness (QED) is 0.310. The van der Waals surface area contributed by atoms with E-state index in [-0.39, 0.29) is 0 Å². The number of hydrogen-bond donors (Lipinski definition) is 0. The monoisotopic (exact) mass is 291 g/mol. The van der Waals surface area contributed by atoms with Gasteiger partial charge < -0.3 is 0 Å². The molecule has 1 atom stereocenters. The molecular weight excluding hydrogens is 258 g/mol. The van der Waals surface area contributed by atoms with Gasteiger partial charge in [0, 0.05) is 13.1 Å². The Morgan fingerprint density at radius 2 is 1.35 bits per heavy atom. The zero-order valence-electron chi connectivity index (χ0n) is 13.6. The molecule has 0 saturated heterocycles. The van der Waals surface area contributed by atoms with Crippen LogP contribution < -0.4 is 0 Å². The van der Waals surface area contributed by atoms with Gasteiger partial charge in [0.05, 0.1) is 12.6 Å². The van der Waals surface area contributed by atoms with Crippen molar-refractivity contribution in [3.63, 3.8) is 0 Å². The van der Waals surface area contributed by atoms with E-state index in [4.69, 9.17) is 0 Å². The Bertz CT molecular complexity index is 203. The molecule has 0 heterocycles. The highest BCUT2D eigenvalue weighted by molar-refractivity contribution is 4.78. The maximum absolute atomic E-state index is 13.9. The van der Waals surface area contributed by atoms with Crippen molar-refractivity contribution in [2.75, 3.05) is 13.1 Å². The number of hydrogen-bond acceptors (Lipinski definition) is 2. The van der Waals surface area contributed by atoms with Crippen LogP contribution in [-0.4, -0.2) is 29.4 Å². The fourth-order valence-corrected chi connectivity index (χ4v) is 2.18. The van der Waals surface area contributed by atoms with Crippen LogP contribution in [0, 0.1) is 6.54 Å². The van der Waals surface area contributed by atoms with E-state index in [1.54, 1.807) is 0 Å². The Morgan fingerprint density at radius 1 is 0.800 bits per heavy atom. The average Bonchev–Trinajstić information content (AvgIpc) is 2.45. The van der Waals surface area contributed by atoms with Crippen LogP contribution in [0.25, 0.3) is 0 Å². The smallest absolute Gasteiger partial charge is 0.0781 e. The largest absolute Gasteiger partial charge is 0.142 e. The number of nitrogens with zero attached hydrogens (tertiary/aromatic N) is 2. The summed E-state index contributed by atoms with van der Waals surface area (Å²) in [4.78, 5) is 0. The predicted molar refractivity (Wildman–Crippen MR) is 82.3 cm³/mol. The van der Waals surface area contributed by atoms with Gasteiger partial charge in [0.15, 0.2) is 0 Å². The third kappa shape index (κ3) is 10.6. The molecule has 20 heavy (non-hydrogen) atoms. The Kier molecular flexibility index (Phi) is 13.6. The first-order chi connectivity index (χ1) is 9.65. The Hall–Kier alpha value is -0.220. The van der Waals surface area contributed by atoms with E-state index in [2.05, 4.69) is 13.8 Å². The highest BCUT2D eigenvalue weighted by Crippen LogP contribution is 2.14. The third-order valence-corrected chi connectivity index (χ3v) is 3.56. The summed E-state index contributed by atoms with van der Waals surface area (Å²) in [7, 11) is 0. The maximum atomic E-state index is 13.9. The molecule has 0 aromatic rings. The Morgan fingerprint density at radius 3 is 1.85 bits per heavy atom. The van der Waals surface area contributed by atoms with Crippen LogP contribution in [0.15, 0.2) is 0 Å². The van der Waals surface area contributed by atoms with Gasteiger partial charge in [0.25, 0.3) is 0 Å². The van der Waals surface area contributed by atoms with E-state index in [9.17, 15) is 8.96 Å². The minimum absolute atomic E-state index is 0.375. The van der Waals surface area contributed by atoms with Gasteiger partial charge in [0.1, 0.15) is 0 Å². The number of halogens is 2. The predicted octanol–water partition coefficient (Wildman–Crippen LogP) is 5.46. The number of rotatable bonds is 14. The van der Waals surface area contributed by atoms with Crippen molar-refractivity contribution in [2.45, 2.75) is 84.6 Å². The van der Waals surface area contributed by atoms with Crippen molar-refractivity contribution < 1.29 is 8.96 Å². The van der Waals surface area contributed by atoms with E-state index in [0.717, 1.165) is 56.5 Å². The van der Waals surface area contributed by atoms with Crippen molar-refractivity contribution in [1.82, 2.24) is 10.2 Å². The van der Waals surface area contributed by atoms with Crippen LogP contribution >= 0.6 is 0 Å². The maximum Gasteiger partial charge on any atom is 0.0781 e. The SMILES string of the molecule is CCCCCCN(F)[CH]C(CC)N(F)CCCCCC. The standard InChI is InChI=1S/C16H33F2N2/c1-4-7-9-11-13-19(17)15-16(6-3)20(18)14-12-10-8-5-2/h15-16H,4-14H2,1-3H3. The summed E-state index contributed by atoms with van der Waals surface area (Å²) < 4.78 is 27.6. The molecule has 0 aliphatic heterocycles. The average molecular weight is 291 g/mol. The van der Waals surface area contributed by atoms with Crippen LogP contribution in [0.4, 0.5) is 8.96 Å². The minimum atomic E-state index is -0.437. The summed E-state index contributed by atoms with van der Waals surface area (Å²) >= 11 is 0. The molecule has 0 fully saturated rings. The zero-order chi connectivity index (χ0) is 15.2. The lowest BCUT2D eigenvalue weighted by atomic mass is 10.1. The molecule has 4 heteroatoms. The molecule has 0 rings (SSSR count). The Labute approximate surface area is 124 Å². The van der Waals surface area contributed by atoms with Gasteiger partial charge in [-0.1, -0.05) is 59.3 Å². The molecule has 0 aromatic carbocycles. The highest BCUT2D eigenvalue weighted by Gasteiger charge is 2.20. The van der Waals surface area contributed by atoms with E-state index in [1.807, 2.05) is 6.92 Å². The lowest BCUT2D eigenvalue weighted by molar-refractivity contribution is -0.0475. The van der Waals surface area contributed by atoms with Crippen molar-refractivity contribution in [1.29, 1.82) is 0 Å². The molecule has 1 radical (unpaired) electrons. The lowest BCUT2D eigenvalue weighted by Gasteiger charge is -2.24. The summed E-state index contributed by atoms with van der Waals surface area (Å²) in [6.45, 7) is 8.33. The molecule has 0 amide bonds. The molecule has 0 aromatic heterocycles. The fraction of sp³-hybridized carbons (Fsp3) is 0.938. The van der Waals surface area contributed by atoms with Crippen LogP contribution in [0.5, 0.6) is 0 Å². The molecule has 0 aliphatic rings. The molecule has 0 N–H and O–H groups in total. The second-order valence-corrected chi connectivity index (χ2v) is 5.49. The second-order valence-electron chi connectivity index (χ2n) is 5.49. The molecule has 0 aliphatic carbocycles. The van der Waals surface area contributed by atoms with Gasteiger partial charge >= 0.3 is 0 Å². The van der Waals surface area contributed by atoms with Crippen LogP contribution in [0.1, 0.15) is 78.6 Å². The van der Waals surface area contributed by atoms with E-state index in [0.29, 0.717) is 24.6 Å². The molecule has 2 nitrogen and oxygen atoms in total. The van der Waals surface area contributed by atoms with E-state index >= 15 is 0 Å². The van der Waals surface area contributed by atoms with Gasteiger partial charge in [0.2, 0.25) is 0 Å². The van der Waals surface area contributed by atoms with Crippen molar-refractivity contribution in [3.05, 3.63) is 6.54 Å². The van der Waals surface area contributed by atoms with Crippen molar-refractivity contribution in [2.24, 2.45) is 0 Å². The highest BCUT2D eigenvalue weighted by atomic mass is 19.2. The summed E-state index contributed by atoms with van der Waals surface area (Å²) in [5.41, 5.74) is 0. The summed E-state index contributed by atoms with van der Waals surface area (Å²) in [6, 6.07) is -0.437. The first-order valence-electron chi connectivity index (χ1n) is 8.35. The Balaban J connectivity index is 3.81. The second kappa shape index (κ2) is 13.7. The fourth-order valence-electron chi connectivity index (χ4n) is 2.18. The molecule has 0 saturated carbocycles. The molecule has 121 valence electrons. The molecule has 0 spiro atoms. The molecule has 0 bridgehead atoms. The van der Waals surface area contributed by atoms with Crippen LogP contribution in [-0.2, 0) is 0 Å². The number of unbranched alkanes of at least 4 members (excludes halogenated alkanes) is 6. The van der Waals surface area contributed by atoms with Crippen LogP contribution in [0.3, 0.4) is 0 Å². The minimum Gasteiger partial charge on any atom is -0.142 e. The lowest BCUT2D eigenvalue weighted by Crippen LogP contribution is -2.33. The van der Waals surface area contributed by atoms with Gasteiger partial charge in [-0.3, -0.25) is 0 Å². The van der Waals surface area contributed by atoms with Gasteiger partial charge in [-0.25, -0.2) is 0 Å². The van der Waals surface area contributed by atoms with Gasteiger partial charge in [-0.2, -0.15) is 0 Å². The molecule has 1 unspecified atom stereocenters. The van der Waals surface area contributed by atoms with Crippen LogP contribution in [0.2, 0.25) is 0 Å². The van der Waals surface area contributed by atoms with Gasteiger partial charge in [-0.15, -0.1) is 19.2 Å². The first-order valence-corrected chi connectivity index (χ1v) is 8.35. The summed E-state index contributed by atoms with van der Waals surface area (Å²) in [5, 5.41) is 1.46. The van der Waals surface area contributed by atoms with Crippen molar-refractivity contribution >= 4 is 0 Å². The summed E-state index contributed by atoms with van der Waals surface area (Å²) in [6.07, 6.45) is 8.92. The molecular formula is C16H33F2N2. The van der Waals surface area contributed by atoms with Crippen molar-refractivity contribution in [3.8, 4) is 0 Å². The topological polar surface area (TPSA) is 6.48 Å². The zero-order valence-corrected chi connectivity index (χ0v) is 13.6. The normalized spacial score (nSPS) is 13.3. The third-order valence-electron chi connectivity index (χ3n) is 3.56. The van der Waals surface area contributed by atoms with Gasteiger partial charge in [-0.05, 0) is 19.3 Å². The van der Waals surface area contributed by atoms with E-state index in [1.165, 1.54) is 6.54 Å². The van der Waals surface area contributed by atoms with E-state index < -0.39 is 6.04 Å².